The van der Waals surface area contributed by atoms with Crippen LogP contribution in [0.1, 0.15) is 70.4 Å². The van der Waals surface area contributed by atoms with Crippen molar-refractivity contribution in [2.45, 2.75) is 71.8 Å². The zero-order valence-corrected chi connectivity index (χ0v) is 15.0. The molecule has 1 aromatic carbocycles. The summed E-state index contributed by atoms with van der Waals surface area (Å²) in [6, 6.07) is 5.98. The largest absolute Gasteiger partial charge is 0.508 e. The van der Waals surface area contributed by atoms with Crippen LogP contribution in [-0.2, 0) is 6.42 Å². The van der Waals surface area contributed by atoms with Gasteiger partial charge in [0.2, 0.25) is 0 Å². The number of aliphatic hydroxyl groups is 1. The van der Waals surface area contributed by atoms with Gasteiger partial charge in [-0.1, -0.05) is 33.8 Å². The van der Waals surface area contributed by atoms with Crippen molar-refractivity contribution in [1.82, 2.24) is 0 Å². The standard InChI is InChI=1S/C19H26O2.C2H6/c1-11-9-12-10-13(20)3-4-14(12)15-7-8-19(2)16(18(11)15)5-6-17(19)21;1-2/h3-4,10-11,15-18,20-21H,5-9H2,1-2H3;1-2H3. The molecular weight excluding hydrogens is 284 g/mol. The third-order valence-corrected chi connectivity index (χ3v) is 7.01. The molecule has 1 aromatic rings. The molecule has 128 valence electrons. The Morgan fingerprint density at radius 3 is 2.61 bits per heavy atom. The Hall–Kier alpha value is -1.02. The van der Waals surface area contributed by atoms with Crippen LogP contribution in [0.25, 0.3) is 0 Å². The van der Waals surface area contributed by atoms with E-state index in [1.165, 1.54) is 24.0 Å². The highest BCUT2D eigenvalue weighted by Crippen LogP contribution is 2.62. The SMILES string of the molecule is CC.CC1Cc2cc(O)ccc2C2CCC3(C)C(O)CCC3C12. The molecule has 2 nitrogen and oxygen atoms in total. The van der Waals surface area contributed by atoms with E-state index < -0.39 is 0 Å². The Morgan fingerprint density at radius 2 is 1.87 bits per heavy atom. The second kappa shape index (κ2) is 6.12. The first-order valence-corrected chi connectivity index (χ1v) is 9.50. The molecule has 0 radical (unpaired) electrons. The van der Waals surface area contributed by atoms with E-state index in [-0.39, 0.29) is 11.5 Å². The Kier molecular flexibility index (Phi) is 4.48. The van der Waals surface area contributed by atoms with E-state index in [9.17, 15) is 10.2 Å². The van der Waals surface area contributed by atoms with Gasteiger partial charge in [0.15, 0.2) is 0 Å². The second-order valence-electron chi connectivity index (χ2n) is 7.99. The molecule has 2 saturated carbocycles. The van der Waals surface area contributed by atoms with E-state index in [4.69, 9.17) is 0 Å². The minimum Gasteiger partial charge on any atom is -0.508 e. The summed E-state index contributed by atoms with van der Waals surface area (Å²) in [5, 5.41) is 20.2. The van der Waals surface area contributed by atoms with E-state index in [0.717, 1.165) is 19.3 Å². The zero-order valence-electron chi connectivity index (χ0n) is 15.0. The van der Waals surface area contributed by atoms with Crippen LogP contribution in [0.2, 0.25) is 0 Å². The predicted octanol–water partition coefficient (Wildman–Crippen LogP) is 4.88. The highest BCUT2D eigenvalue weighted by molar-refractivity contribution is 5.40. The van der Waals surface area contributed by atoms with Gasteiger partial charge >= 0.3 is 0 Å². The number of aliphatic hydroxyl groups excluding tert-OH is 1. The monoisotopic (exact) mass is 316 g/mol. The van der Waals surface area contributed by atoms with Gasteiger partial charge in [-0.15, -0.1) is 0 Å². The fraction of sp³-hybridized carbons (Fsp3) is 0.714. The molecule has 0 bridgehead atoms. The molecule has 3 aliphatic carbocycles. The molecule has 0 spiro atoms. The maximum atomic E-state index is 10.5. The van der Waals surface area contributed by atoms with E-state index in [0.29, 0.717) is 29.4 Å². The van der Waals surface area contributed by atoms with Gasteiger partial charge in [0.25, 0.3) is 0 Å². The van der Waals surface area contributed by atoms with Crippen molar-refractivity contribution >= 4 is 0 Å². The van der Waals surface area contributed by atoms with E-state index in [1.807, 2.05) is 26.0 Å². The normalized spacial score (nSPS) is 41.2. The smallest absolute Gasteiger partial charge is 0.115 e. The number of hydrogen-bond donors (Lipinski definition) is 2. The lowest BCUT2D eigenvalue weighted by Gasteiger charge is -2.52. The van der Waals surface area contributed by atoms with Crippen LogP contribution in [-0.4, -0.2) is 16.3 Å². The predicted molar refractivity (Wildman–Crippen MR) is 94.6 cm³/mol. The molecule has 0 heterocycles. The third-order valence-electron chi connectivity index (χ3n) is 7.01. The summed E-state index contributed by atoms with van der Waals surface area (Å²) in [5.41, 5.74) is 2.97. The lowest BCUT2D eigenvalue weighted by molar-refractivity contribution is -0.0356. The van der Waals surface area contributed by atoms with Crippen LogP contribution in [0.15, 0.2) is 18.2 Å². The fourth-order valence-electron chi connectivity index (χ4n) is 5.94. The molecule has 2 heteroatoms. The highest BCUT2D eigenvalue weighted by Gasteiger charge is 2.55. The fourth-order valence-corrected chi connectivity index (χ4v) is 5.94. The van der Waals surface area contributed by atoms with Crippen molar-refractivity contribution in [2.24, 2.45) is 23.2 Å². The molecule has 3 aliphatic rings. The number of rotatable bonds is 0. The van der Waals surface area contributed by atoms with Gasteiger partial charge in [0, 0.05) is 0 Å². The van der Waals surface area contributed by atoms with Gasteiger partial charge in [-0.05, 0) is 84.5 Å². The summed E-state index contributed by atoms with van der Waals surface area (Å²) in [6.45, 7) is 8.70. The summed E-state index contributed by atoms with van der Waals surface area (Å²) in [7, 11) is 0. The van der Waals surface area contributed by atoms with Gasteiger partial charge in [0.05, 0.1) is 6.10 Å². The first-order chi connectivity index (χ1) is 11.0. The minimum absolute atomic E-state index is 0.100. The van der Waals surface area contributed by atoms with E-state index in [1.54, 1.807) is 0 Å². The average molecular weight is 316 g/mol. The lowest BCUT2D eigenvalue weighted by atomic mass is 9.53. The van der Waals surface area contributed by atoms with Gasteiger partial charge in [-0.25, -0.2) is 0 Å². The maximum absolute atomic E-state index is 10.5. The van der Waals surface area contributed by atoms with Crippen molar-refractivity contribution in [3.8, 4) is 5.75 Å². The summed E-state index contributed by atoms with van der Waals surface area (Å²) in [5.74, 6) is 3.06. The molecule has 4 rings (SSSR count). The Morgan fingerprint density at radius 1 is 1.13 bits per heavy atom. The van der Waals surface area contributed by atoms with E-state index in [2.05, 4.69) is 19.9 Å². The van der Waals surface area contributed by atoms with Crippen molar-refractivity contribution in [3.63, 3.8) is 0 Å². The van der Waals surface area contributed by atoms with Gasteiger partial charge in [-0.3, -0.25) is 0 Å². The topological polar surface area (TPSA) is 40.5 Å². The summed E-state index contributed by atoms with van der Waals surface area (Å²) >= 11 is 0. The van der Waals surface area contributed by atoms with Gasteiger partial charge < -0.3 is 10.2 Å². The Labute approximate surface area is 140 Å². The molecule has 0 aromatic heterocycles. The molecule has 6 unspecified atom stereocenters. The maximum Gasteiger partial charge on any atom is 0.115 e. The number of aromatic hydroxyl groups is 1. The number of benzene rings is 1. The van der Waals surface area contributed by atoms with Crippen LogP contribution in [0.4, 0.5) is 0 Å². The molecule has 0 amide bonds. The van der Waals surface area contributed by atoms with Crippen LogP contribution < -0.4 is 0 Å². The van der Waals surface area contributed by atoms with Crippen molar-refractivity contribution in [1.29, 1.82) is 0 Å². The summed E-state index contributed by atoms with van der Waals surface area (Å²) in [6.07, 6.45) is 5.49. The summed E-state index contributed by atoms with van der Waals surface area (Å²) < 4.78 is 0. The first kappa shape index (κ1) is 16.8. The van der Waals surface area contributed by atoms with Crippen LogP contribution in [0, 0.1) is 23.2 Å². The first-order valence-electron chi connectivity index (χ1n) is 9.50. The van der Waals surface area contributed by atoms with Crippen LogP contribution in [0.5, 0.6) is 5.75 Å². The van der Waals surface area contributed by atoms with Crippen molar-refractivity contribution < 1.29 is 10.2 Å². The Balaban J connectivity index is 0.000000753. The second-order valence-corrected chi connectivity index (χ2v) is 7.99. The van der Waals surface area contributed by atoms with Crippen LogP contribution in [0.3, 0.4) is 0 Å². The number of fused-ring (bicyclic) bond motifs is 5. The molecule has 2 fully saturated rings. The summed E-state index contributed by atoms with van der Waals surface area (Å²) in [4.78, 5) is 0. The van der Waals surface area contributed by atoms with E-state index >= 15 is 0 Å². The average Bonchev–Trinajstić information content (AvgIpc) is 2.84. The van der Waals surface area contributed by atoms with Crippen molar-refractivity contribution in [3.05, 3.63) is 29.3 Å². The molecule has 6 atom stereocenters. The molecular formula is C21H32O2. The molecule has 2 N–H and O–H groups in total. The van der Waals surface area contributed by atoms with Crippen molar-refractivity contribution in [2.75, 3.05) is 0 Å². The quantitative estimate of drug-likeness (QED) is 0.716. The Bertz CT molecular complexity index is 567. The van der Waals surface area contributed by atoms with Crippen LogP contribution >= 0.6 is 0 Å². The highest BCUT2D eigenvalue weighted by atomic mass is 16.3. The number of phenolic OH excluding ortho intramolecular Hbond substituents is 1. The third kappa shape index (κ3) is 2.50. The van der Waals surface area contributed by atoms with Gasteiger partial charge in [0.1, 0.15) is 5.75 Å². The lowest BCUT2D eigenvalue weighted by Crippen LogP contribution is -2.46. The number of phenols is 1. The zero-order chi connectivity index (χ0) is 16.8. The molecule has 0 saturated heterocycles. The molecule has 23 heavy (non-hydrogen) atoms. The number of hydrogen-bond acceptors (Lipinski definition) is 2. The minimum atomic E-state index is -0.100. The van der Waals surface area contributed by atoms with Gasteiger partial charge in [-0.2, -0.15) is 0 Å². The molecule has 0 aliphatic heterocycles.